The molecule has 0 radical (unpaired) electrons. The number of likely N-dealkylation sites (tertiary alicyclic amines) is 1. The van der Waals surface area contributed by atoms with Crippen LogP contribution in [0.5, 0.6) is 0 Å². The Balaban J connectivity index is 1.50. The number of rotatable bonds is 6. The van der Waals surface area contributed by atoms with Crippen LogP contribution in [0.1, 0.15) is 36.8 Å². The molecule has 1 aromatic rings. The van der Waals surface area contributed by atoms with Crippen LogP contribution in [0, 0.1) is 0 Å². The van der Waals surface area contributed by atoms with Crippen molar-refractivity contribution in [2.75, 3.05) is 37.8 Å². The second kappa shape index (κ2) is 8.65. The van der Waals surface area contributed by atoms with Crippen molar-refractivity contribution in [1.29, 1.82) is 0 Å². The molecule has 0 saturated carbocycles. The summed E-state index contributed by atoms with van der Waals surface area (Å²) in [6.07, 6.45) is 0.637. The first kappa shape index (κ1) is 22.1. The van der Waals surface area contributed by atoms with Gasteiger partial charge in [-0.3, -0.25) is 5.32 Å². The predicted octanol–water partition coefficient (Wildman–Crippen LogP) is 2.72. The van der Waals surface area contributed by atoms with Crippen molar-refractivity contribution in [3.8, 4) is 0 Å². The zero-order chi connectivity index (χ0) is 21.1. The molecule has 0 bridgehead atoms. The van der Waals surface area contributed by atoms with Crippen molar-refractivity contribution in [2.24, 2.45) is 0 Å². The first-order valence-electron chi connectivity index (χ1n) is 9.80. The number of nitrogens with zero attached hydrogens (tertiary/aromatic N) is 1. The van der Waals surface area contributed by atoms with Crippen molar-refractivity contribution < 1.29 is 21.6 Å². The van der Waals surface area contributed by atoms with Crippen LogP contribution in [0.15, 0.2) is 36.5 Å². The number of halogens is 3. The van der Waals surface area contributed by atoms with Crippen molar-refractivity contribution in [3.05, 3.63) is 47.7 Å². The molecule has 3 rings (SSSR count). The molecule has 29 heavy (non-hydrogen) atoms. The number of alkyl halides is 3. The maximum absolute atomic E-state index is 12.9. The summed E-state index contributed by atoms with van der Waals surface area (Å²) in [5.41, 5.74) is -0.323. The third-order valence-corrected chi connectivity index (χ3v) is 7.35. The van der Waals surface area contributed by atoms with E-state index in [1.54, 1.807) is 12.1 Å². The highest BCUT2D eigenvalue weighted by atomic mass is 32.2. The normalized spacial score (nSPS) is 24.5. The smallest absolute Gasteiger partial charge is 0.378 e. The number of sulfone groups is 1. The Morgan fingerprint density at radius 3 is 2.62 bits per heavy atom. The second-order valence-corrected chi connectivity index (χ2v) is 10.3. The number of benzene rings is 1. The van der Waals surface area contributed by atoms with E-state index < -0.39 is 27.1 Å². The fraction of sp³-hybridized carbons (Fsp3) is 0.600. The zero-order valence-electron chi connectivity index (χ0n) is 16.5. The first-order valence-corrected chi connectivity index (χ1v) is 11.6. The topological polar surface area (TPSA) is 61.4 Å². The van der Waals surface area contributed by atoms with Gasteiger partial charge in [-0.05, 0) is 43.5 Å². The molecule has 162 valence electrons. The lowest BCUT2D eigenvalue weighted by atomic mass is 9.88. The van der Waals surface area contributed by atoms with E-state index in [0.29, 0.717) is 26.3 Å². The van der Waals surface area contributed by atoms with Gasteiger partial charge in [-0.1, -0.05) is 24.3 Å². The summed E-state index contributed by atoms with van der Waals surface area (Å²) in [7, 11) is -3.22. The Bertz CT molecular complexity index is 826. The van der Waals surface area contributed by atoms with Gasteiger partial charge in [0.25, 0.3) is 0 Å². The molecular formula is C20H28F3N3O2S. The molecule has 1 unspecified atom stereocenters. The van der Waals surface area contributed by atoms with E-state index in [1.165, 1.54) is 12.1 Å². The van der Waals surface area contributed by atoms with E-state index in [9.17, 15) is 21.6 Å². The van der Waals surface area contributed by atoms with E-state index in [1.807, 2.05) is 18.0 Å². The summed E-state index contributed by atoms with van der Waals surface area (Å²) in [5.74, 6) is 0.152. The molecule has 5 nitrogen and oxygen atoms in total. The highest BCUT2D eigenvalue weighted by Crippen LogP contribution is 2.34. The number of piperidine rings is 1. The van der Waals surface area contributed by atoms with E-state index in [-0.39, 0.29) is 17.4 Å². The van der Waals surface area contributed by atoms with Gasteiger partial charge >= 0.3 is 6.18 Å². The SMILES string of the molecule is CC1(CS(=O)(=O)CC=CN2CCC(c3cccc(C(F)(F)F)c3)CC2)CNCN1. The van der Waals surface area contributed by atoms with Crippen LogP contribution in [0.4, 0.5) is 13.2 Å². The summed E-state index contributed by atoms with van der Waals surface area (Å²) in [6.45, 7) is 4.52. The van der Waals surface area contributed by atoms with Crippen LogP contribution in [0.3, 0.4) is 0 Å². The van der Waals surface area contributed by atoms with Gasteiger partial charge in [0, 0.05) is 31.8 Å². The molecule has 0 amide bonds. The molecule has 1 atom stereocenters. The van der Waals surface area contributed by atoms with Gasteiger partial charge in [-0.15, -0.1) is 0 Å². The van der Waals surface area contributed by atoms with Crippen LogP contribution in [-0.4, -0.2) is 56.7 Å². The molecule has 2 heterocycles. The Morgan fingerprint density at radius 1 is 1.28 bits per heavy atom. The van der Waals surface area contributed by atoms with E-state index >= 15 is 0 Å². The van der Waals surface area contributed by atoms with Gasteiger partial charge < -0.3 is 10.2 Å². The van der Waals surface area contributed by atoms with Crippen LogP contribution < -0.4 is 10.6 Å². The Kier molecular flexibility index (Phi) is 6.60. The minimum Gasteiger partial charge on any atom is -0.378 e. The van der Waals surface area contributed by atoms with E-state index in [0.717, 1.165) is 24.5 Å². The third kappa shape index (κ3) is 6.20. The van der Waals surface area contributed by atoms with Gasteiger partial charge in [0.1, 0.15) is 0 Å². The van der Waals surface area contributed by atoms with Gasteiger partial charge in [0.15, 0.2) is 9.84 Å². The summed E-state index contributed by atoms with van der Waals surface area (Å²) < 4.78 is 63.4. The summed E-state index contributed by atoms with van der Waals surface area (Å²) in [5, 5.41) is 6.28. The maximum atomic E-state index is 12.9. The number of hydrogen-bond donors (Lipinski definition) is 2. The quantitative estimate of drug-likeness (QED) is 0.725. The van der Waals surface area contributed by atoms with E-state index in [2.05, 4.69) is 10.6 Å². The zero-order valence-corrected chi connectivity index (χ0v) is 17.3. The fourth-order valence-electron chi connectivity index (χ4n) is 4.01. The monoisotopic (exact) mass is 431 g/mol. The lowest BCUT2D eigenvalue weighted by molar-refractivity contribution is -0.137. The molecule has 9 heteroatoms. The molecule has 0 aromatic heterocycles. The van der Waals surface area contributed by atoms with Gasteiger partial charge in [0.05, 0.1) is 17.1 Å². The largest absolute Gasteiger partial charge is 0.416 e. The average molecular weight is 432 g/mol. The van der Waals surface area contributed by atoms with E-state index in [4.69, 9.17) is 0 Å². The standard InChI is InChI=1S/C20H28F3N3O2S/c1-19(13-24-15-25-19)14-29(27,28)11-3-8-26-9-6-16(7-10-26)17-4-2-5-18(12-17)20(21,22)23/h2-5,8,12,16,24-25H,6-7,9-11,13-15H2,1H3. The van der Waals surface area contributed by atoms with Crippen molar-refractivity contribution in [2.45, 2.75) is 37.4 Å². The molecule has 0 aliphatic carbocycles. The van der Waals surface area contributed by atoms with Gasteiger partial charge in [-0.2, -0.15) is 13.2 Å². The first-order chi connectivity index (χ1) is 13.6. The summed E-state index contributed by atoms with van der Waals surface area (Å²) >= 11 is 0. The van der Waals surface area contributed by atoms with Gasteiger partial charge in [0.2, 0.25) is 0 Å². The molecule has 2 N–H and O–H groups in total. The Hall–Kier alpha value is -1.58. The molecule has 2 aliphatic rings. The highest BCUT2D eigenvalue weighted by molar-refractivity contribution is 7.91. The summed E-state index contributed by atoms with van der Waals surface area (Å²) in [4.78, 5) is 2.04. The maximum Gasteiger partial charge on any atom is 0.416 e. The van der Waals surface area contributed by atoms with Crippen molar-refractivity contribution >= 4 is 9.84 Å². The van der Waals surface area contributed by atoms with Crippen molar-refractivity contribution in [3.63, 3.8) is 0 Å². The molecule has 2 fully saturated rings. The fourth-order valence-corrected chi connectivity index (χ4v) is 5.68. The molecule has 2 aliphatic heterocycles. The lowest BCUT2D eigenvalue weighted by Gasteiger charge is -2.31. The van der Waals surface area contributed by atoms with Gasteiger partial charge in [-0.25, -0.2) is 8.42 Å². The Labute approximate surface area is 170 Å². The minimum atomic E-state index is -4.33. The highest BCUT2D eigenvalue weighted by Gasteiger charge is 2.33. The van der Waals surface area contributed by atoms with Crippen LogP contribution in [0.2, 0.25) is 0 Å². The molecular weight excluding hydrogens is 403 g/mol. The predicted molar refractivity (Wildman–Crippen MR) is 107 cm³/mol. The van der Waals surface area contributed by atoms with Crippen LogP contribution >= 0.6 is 0 Å². The summed E-state index contributed by atoms with van der Waals surface area (Å²) in [6, 6.07) is 5.56. The van der Waals surface area contributed by atoms with Crippen LogP contribution in [-0.2, 0) is 16.0 Å². The second-order valence-electron chi connectivity index (χ2n) is 8.21. The molecule has 0 spiro atoms. The number of nitrogens with one attached hydrogen (secondary N) is 2. The number of hydrogen-bond acceptors (Lipinski definition) is 5. The lowest BCUT2D eigenvalue weighted by Crippen LogP contribution is -2.46. The minimum absolute atomic E-state index is 0.0160. The van der Waals surface area contributed by atoms with Crippen LogP contribution in [0.25, 0.3) is 0 Å². The Morgan fingerprint density at radius 2 is 2.00 bits per heavy atom. The average Bonchev–Trinajstić information content (AvgIpc) is 3.06. The molecule has 2 saturated heterocycles. The third-order valence-electron chi connectivity index (χ3n) is 5.58. The molecule has 1 aromatic carbocycles. The van der Waals surface area contributed by atoms with Crippen molar-refractivity contribution in [1.82, 2.24) is 15.5 Å².